The van der Waals surface area contributed by atoms with Crippen LogP contribution in [0.5, 0.6) is 0 Å². The van der Waals surface area contributed by atoms with Crippen LogP contribution in [-0.2, 0) is 4.79 Å². The molecular formula is C17H21N3O3. The zero-order valence-electron chi connectivity index (χ0n) is 13.5. The van der Waals surface area contributed by atoms with Crippen molar-refractivity contribution < 1.29 is 14.4 Å². The predicted molar refractivity (Wildman–Crippen MR) is 85.1 cm³/mol. The molecule has 2 aliphatic rings. The van der Waals surface area contributed by atoms with E-state index in [4.69, 9.17) is 0 Å². The van der Waals surface area contributed by atoms with Crippen molar-refractivity contribution in [2.45, 2.75) is 18.9 Å². The quantitative estimate of drug-likeness (QED) is 0.772. The number of carbonyl (C=O) groups is 3. The van der Waals surface area contributed by atoms with Gasteiger partial charge in [-0.2, -0.15) is 0 Å². The van der Waals surface area contributed by atoms with Crippen molar-refractivity contribution in [3.05, 3.63) is 35.4 Å². The number of nitrogens with zero attached hydrogens (tertiary/aromatic N) is 3. The highest BCUT2D eigenvalue weighted by atomic mass is 16.2. The summed E-state index contributed by atoms with van der Waals surface area (Å²) in [6.07, 6.45) is 1.80. The van der Waals surface area contributed by atoms with Gasteiger partial charge in [0.05, 0.1) is 17.2 Å². The summed E-state index contributed by atoms with van der Waals surface area (Å²) in [5.74, 6) is -0.384. The summed E-state index contributed by atoms with van der Waals surface area (Å²) in [7, 11) is 3.51. The lowest BCUT2D eigenvalue weighted by molar-refractivity contribution is -0.133. The van der Waals surface area contributed by atoms with Gasteiger partial charge in [-0.05, 0) is 31.5 Å². The van der Waals surface area contributed by atoms with Crippen molar-refractivity contribution in [3.63, 3.8) is 0 Å². The van der Waals surface area contributed by atoms with Crippen LogP contribution in [0.3, 0.4) is 0 Å². The Hall–Kier alpha value is -2.21. The molecule has 0 saturated carbocycles. The van der Waals surface area contributed by atoms with E-state index in [9.17, 15) is 14.4 Å². The van der Waals surface area contributed by atoms with Crippen LogP contribution in [0.4, 0.5) is 0 Å². The second-order valence-electron chi connectivity index (χ2n) is 6.23. The third-order valence-electron chi connectivity index (χ3n) is 4.58. The van der Waals surface area contributed by atoms with E-state index in [1.54, 1.807) is 43.3 Å². The van der Waals surface area contributed by atoms with Gasteiger partial charge in [0, 0.05) is 27.2 Å². The number of likely N-dealkylation sites (N-methyl/N-ethyl adjacent to an activating group) is 1. The number of likely N-dealkylation sites (tertiary alicyclic amines) is 1. The third kappa shape index (κ3) is 2.74. The number of amides is 3. The molecule has 1 aromatic rings. The van der Waals surface area contributed by atoms with Crippen LogP contribution in [0.2, 0.25) is 0 Å². The van der Waals surface area contributed by atoms with Crippen LogP contribution < -0.4 is 0 Å². The van der Waals surface area contributed by atoms with E-state index in [0.717, 1.165) is 19.4 Å². The molecular weight excluding hydrogens is 294 g/mol. The van der Waals surface area contributed by atoms with Gasteiger partial charge >= 0.3 is 0 Å². The molecule has 122 valence electrons. The van der Waals surface area contributed by atoms with E-state index in [2.05, 4.69) is 4.90 Å². The average molecular weight is 315 g/mol. The maximum atomic E-state index is 12.3. The summed E-state index contributed by atoms with van der Waals surface area (Å²) in [6.45, 7) is 1.69. The maximum absolute atomic E-state index is 12.3. The Bertz CT molecular complexity index is 621. The molecule has 0 N–H and O–H groups in total. The molecule has 0 aliphatic carbocycles. The molecule has 23 heavy (non-hydrogen) atoms. The Morgan fingerprint density at radius 2 is 1.74 bits per heavy atom. The van der Waals surface area contributed by atoms with Gasteiger partial charge in [-0.1, -0.05) is 12.1 Å². The van der Waals surface area contributed by atoms with Gasteiger partial charge in [-0.15, -0.1) is 0 Å². The zero-order valence-corrected chi connectivity index (χ0v) is 13.5. The normalized spacial score (nSPS) is 21.0. The summed E-state index contributed by atoms with van der Waals surface area (Å²) >= 11 is 0. The van der Waals surface area contributed by atoms with Crippen LogP contribution in [-0.4, -0.2) is 72.2 Å². The largest absolute Gasteiger partial charge is 0.347 e. The maximum Gasteiger partial charge on any atom is 0.261 e. The van der Waals surface area contributed by atoms with E-state index in [1.807, 2.05) is 0 Å². The SMILES string of the molecule is CN(C)C(=O)C1CCCN1CCN1C(=O)c2ccccc2C1=O. The van der Waals surface area contributed by atoms with Crippen LogP contribution in [0, 0.1) is 0 Å². The van der Waals surface area contributed by atoms with Crippen LogP contribution in [0.25, 0.3) is 0 Å². The van der Waals surface area contributed by atoms with Gasteiger partial charge in [-0.3, -0.25) is 24.2 Å². The molecule has 0 spiro atoms. The highest BCUT2D eigenvalue weighted by molar-refractivity contribution is 6.21. The van der Waals surface area contributed by atoms with Gasteiger partial charge < -0.3 is 4.90 Å². The van der Waals surface area contributed by atoms with Gasteiger partial charge in [0.1, 0.15) is 0 Å². The lowest BCUT2D eigenvalue weighted by atomic mass is 10.1. The molecule has 6 heteroatoms. The molecule has 3 rings (SSSR count). The molecule has 1 atom stereocenters. The van der Waals surface area contributed by atoms with Crippen molar-refractivity contribution in [1.82, 2.24) is 14.7 Å². The Morgan fingerprint density at radius 1 is 1.13 bits per heavy atom. The topological polar surface area (TPSA) is 60.9 Å². The minimum Gasteiger partial charge on any atom is -0.347 e. The van der Waals surface area contributed by atoms with Gasteiger partial charge in [0.15, 0.2) is 0 Å². The summed E-state index contributed by atoms with van der Waals surface area (Å²) in [4.78, 5) is 41.9. The lowest BCUT2D eigenvalue weighted by Crippen LogP contribution is -2.46. The monoisotopic (exact) mass is 315 g/mol. The molecule has 2 heterocycles. The Kier molecular flexibility index (Phi) is 4.17. The fourth-order valence-electron chi connectivity index (χ4n) is 3.34. The zero-order chi connectivity index (χ0) is 16.6. The molecule has 3 amide bonds. The van der Waals surface area contributed by atoms with Crippen LogP contribution >= 0.6 is 0 Å². The molecule has 1 unspecified atom stereocenters. The van der Waals surface area contributed by atoms with E-state index in [0.29, 0.717) is 24.2 Å². The smallest absolute Gasteiger partial charge is 0.261 e. The number of rotatable bonds is 4. The number of fused-ring (bicyclic) bond motifs is 1. The summed E-state index contributed by atoms with van der Waals surface area (Å²) in [5, 5.41) is 0. The minimum atomic E-state index is -0.236. The summed E-state index contributed by atoms with van der Waals surface area (Å²) in [5.41, 5.74) is 0.944. The molecule has 2 aliphatic heterocycles. The average Bonchev–Trinajstić information content (AvgIpc) is 3.10. The molecule has 0 aromatic heterocycles. The number of benzene rings is 1. The van der Waals surface area contributed by atoms with Crippen molar-refractivity contribution in [2.75, 3.05) is 33.7 Å². The number of imide groups is 1. The van der Waals surface area contributed by atoms with Crippen molar-refractivity contribution >= 4 is 17.7 Å². The fraction of sp³-hybridized carbons (Fsp3) is 0.471. The highest BCUT2D eigenvalue weighted by Crippen LogP contribution is 2.23. The molecule has 1 aromatic carbocycles. The first-order valence-electron chi connectivity index (χ1n) is 7.91. The predicted octanol–water partition coefficient (Wildman–Crippen LogP) is 0.835. The van der Waals surface area contributed by atoms with Crippen molar-refractivity contribution in [3.8, 4) is 0 Å². The minimum absolute atomic E-state index is 0.0878. The van der Waals surface area contributed by atoms with Crippen molar-refractivity contribution in [1.29, 1.82) is 0 Å². The second-order valence-corrected chi connectivity index (χ2v) is 6.23. The van der Waals surface area contributed by atoms with Crippen LogP contribution in [0.1, 0.15) is 33.6 Å². The standard InChI is InChI=1S/C17H21N3O3/c1-18(2)17(23)14-8-5-9-19(14)10-11-20-15(21)12-6-3-4-7-13(12)16(20)22/h3-4,6-7,14H,5,8-11H2,1-2H3. The molecule has 6 nitrogen and oxygen atoms in total. The van der Waals surface area contributed by atoms with Crippen molar-refractivity contribution in [2.24, 2.45) is 0 Å². The Morgan fingerprint density at radius 3 is 2.30 bits per heavy atom. The van der Waals surface area contributed by atoms with Gasteiger partial charge in [0.2, 0.25) is 5.91 Å². The second kappa shape index (κ2) is 6.12. The van der Waals surface area contributed by atoms with E-state index in [-0.39, 0.29) is 23.8 Å². The molecule has 1 saturated heterocycles. The highest BCUT2D eigenvalue weighted by Gasteiger charge is 2.37. The Balaban J connectivity index is 1.66. The van der Waals surface area contributed by atoms with Crippen LogP contribution in [0.15, 0.2) is 24.3 Å². The number of carbonyl (C=O) groups excluding carboxylic acids is 3. The van der Waals surface area contributed by atoms with Gasteiger partial charge in [0.25, 0.3) is 11.8 Å². The molecule has 1 fully saturated rings. The first-order valence-corrected chi connectivity index (χ1v) is 7.91. The van der Waals surface area contributed by atoms with E-state index in [1.165, 1.54) is 4.90 Å². The molecule has 0 bridgehead atoms. The summed E-state index contributed by atoms with van der Waals surface area (Å²) < 4.78 is 0. The number of hydrogen-bond acceptors (Lipinski definition) is 4. The fourth-order valence-corrected chi connectivity index (χ4v) is 3.34. The third-order valence-corrected chi connectivity index (χ3v) is 4.58. The first-order chi connectivity index (χ1) is 11.0. The Labute approximate surface area is 135 Å². The van der Waals surface area contributed by atoms with E-state index >= 15 is 0 Å². The first kappa shape index (κ1) is 15.7. The van der Waals surface area contributed by atoms with Gasteiger partial charge in [-0.25, -0.2) is 0 Å². The lowest BCUT2D eigenvalue weighted by Gasteiger charge is -2.27. The van der Waals surface area contributed by atoms with E-state index < -0.39 is 0 Å². The summed E-state index contributed by atoms with van der Waals surface area (Å²) in [6, 6.07) is 6.76. The molecule has 0 radical (unpaired) electrons. The number of hydrogen-bond donors (Lipinski definition) is 0.